The molecule has 3 N–H and O–H groups in total. The highest BCUT2D eigenvalue weighted by molar-refractivity contribution is 5.77. The maximum absolute atomic E-state index is 13.2. The van der Waals surface area contributed by atoms with Crippen LogP contribution < -0.4 is 10.6 Å². The largest absolute Gasteiger partial charge is 0.418 e. The second-order valence-electron chi connectivity index (χ2n) is 5.19. The highest BCUT2D eigenvalue weighted by Gasteiger charge is 2.36. The standard InChI is InChI=1S/C14H17F3N2O2/c15-14(16,17)11-6-9(8-20)3-4-12(11)19-5-1-2-10(7-19)13(18)21/h3-4,6,10,20H,1-2,5,7-8H2,(H2,18,21). The maximum Gasteiger partial charge on any atom is 0.418 e. The molecule has 1 fully saturated rings. The molecule has 0 radical (unpaired) electrons. The van der Waals surface area contributed by atoms with Crippen LogP contribution in [0.1, 0.15) is 24.0 Å². The van der Waals surface area contributed by atoms with E-state index >= 15 is 0 Å². The van der Waals surface area contributed by atoms with Crippen molar-refractivity contribution in [3.05, 3.63) is 29.3 Å². The monoisotopic (exact) mass is 302 g/mol. The quantitative estimate of drug-likeness (QED) is 0.896. The third-order valence-corrected chi connectivity index (χ3v) is 3.71. The van der Waals surface area contributed by atoms with Crippen LogP contribution in [0.2, 0.25) is 0 Å². The van der Waals surface area contributed by atoms with Crippen molar-refractivity contribution in [2.24, 2.45) is 11.7 Å². The van der Waals surface area contributed by atoms with Gasteiger partial charge in [0.25, 0.3) is 0 Å². The summed E-state index contributed by atoms with van der Waals surface area (Å²) < 4.78 is 39.5. The van der Waals surface area contributed by atoms with Gasteiger partial charge in [-0.05, 0) is 30.5 Å². The molecule has 2 rings (SSSR count). The molecule has 1 unspecified atom stereocenters. The number of hydrogen-bond acceptors (Lipinski definition) is 3. The molecule has 1 amide bonds. The minimum atomic E-state index is -4.51. The van der Waals surface area contributed by atoms with Gasteiger partial charge in [-0.2, -0.15) is 13.2 Å². The normalized spacial score (nSPS) is 19.6. The first-order chi connectivity index (χ1) is 9.82. The molecule has 116 valence electrons. The lowest BCUT2D eigenvalue weighted by molar-refractivity contribution is -0.137. The zero-order valence-electron chi connectivity index (χ0n) is 11.4. The van der Waals surface area contributed by atoms with Crippen molar-refractivity contribution in [1.82, 2.24) is 0 Å². The Hall–Kier alpha value is -1.76. The Morgan fingerprint density at radius 2 is 2.14 bits per heavy atom. The fourth-order valence-electron chi connectivity index (χ4n) is 2.61. The molecular formula is C14H17F3N2O2. The zero-order valence-corrected chi connectivity index (χ0v) is 11.4. The Kier molecular flexibility index (Phi) is 4.41. The van der Waals surface area contributed by atoms with Crippen LogP contribution in [0, 0.1) is 5.92 Å². The maximum atomic E-state index is 13.2. The van der Waals surface area contributed by atoms with Crippen LogP contribution in [0.5, 0.6) is 0 Å². The summed E-state index contributed by atoms with van der Waals surface area (Å²) in [5.41, 5.74) is 4.70. The second kappa shape index (κ2) is 5.93. The van der Waals surface area contributed by atoms with E-state index < -0.39 is 30.2 Å². The lowest BCUT2D eigenvalue weighted by Crippen LogP contribution is -2.41. The van der Waals surface area contributed by atoms with Crippen molar-refractivity contribution in [3.63, 3.8) is 0 Å². The first kappa shape index (κ1) is 15.6. The number of anilines is 1. The van der Waals surface area contributed by atoms with Gasteiger partial charge in [-0.15, -0.1) is 0 Å². The van der Waals surface area contributed by atoms with E-state index in [0.717, 1.165) is 6.07 Å². The molecule has 1 saturated heterocycles. The lowest BCUT2D eigenvalue weighted by atomic mass is 9.96. The van der Waals surface area contributed by atoms with Crippen LogP contribution in [-0.4, -0.2) is 24.1 Å². The van der Waals surface area contributed by atoms with E-state index in [-0.39, 0.29) is 17.8 Å². The van der Waals surface area contributed by atoms with Crippen molar-refractivity contribution < 1.29 is 23.1 Å². The number of rotatable bonds is 3. The molecule has 0 aliphatic carbocycles. The van der Waals surface area contributed by atoms with Crippen molar-refractivity contribution in [2.75, 3.05) is 18.0 Å². The molecule has 1 atom stereocenters. The Morgan fingerprint density at radius 3 is 2.71 bits per heavy atom. The highest BCUT2D eigenvalue weighted by atomic mass is 19.4. The van der Waals surface area contributed by atoms with Gasteiger partial charge in [-0.3, -0.25) is 4.79 Å². The van der Waals surface area contributed by atoms with Gasteiger partial charge in [0, 0.05) is 18.8 Å². The van der Waals surface area contributed by atoms with E-state index in [1.54, 1.807) is 4.90 Å². The molecule has 1 heterocycles. The van der Waals surface area contributed by atoms with Gasteiger partial charge in [0.05, 0.1) is 18.1 Å². The number of nitrogens with zero attached hydrogens (tertiary/aromatic N) is 1. The molecule has 0 spiro atoms. The molecule has 1 aromatic rings. The van der Waals surface area contributed by atoms with Crippen molar-refractivity contribution in [2.45, 2.75) is 25.6 Å². The number of aliphatic hydroxyl groups excluding tert-OH is 1. The summed E-state index contributed by atoms with van der Waals surface area (Å²) in [7, 11) is 0. The van der Waals surface area contributed by atoms with Gasteiger partial charge in [0.15, 0.2) is 0 Å². The van der Waals surface area contributed by atoms with E-state index in [1.165, 1.54) is 12.1 Å². The van der Waals surface area contributed by atoms with Gasteiger partial charge in [-0.25, -0.2) is 0 Å². The topological polar surface area (TPSA) is 66.6 Å². The number of carbonyl (C=O) groups excluding carboxylic acids is 1. The number of piperidine rings is 1. The van der Waals surface area contributed by atoms with E-state index in [9.17, 15) is 18.0 Å². The summed E-state index contributed by atoms with van der Waals surface area (Å²) in [6, 6.07) is 3.75. The van der Waals surface area contributed by atoms with Crippen LogP contribution in [0.3, 0.4) is 0 Å². The molecular weight excluding hydrogens is 285 g/mol. The minimum absolute atomic E-state index is 0.0330. The lowest BCUT2D eigenvalue weighted by Gasteiger charge is -2.34. The summed E-state index contributed by atoms with van der Waals surface area (Å²) in [5.74, 6) is -0.919. The van der Waals surface area contributed by atoms with E-state index in [4.69, 9.17) is 10.8 Å². The van der Waals surface area contributed by atoms with Crippen LogP contribution in [0.25, 0.3) is 0 Å². The van der Waals surface area contributed by atoms with E-state index in [1.807, 2.05) is 0 Å². The first-order valence-corrected chi connectivity index (χ1v) is 6.68. The van der Waals surface area contributed by atoms with E-state index in [0.29, 0.717) is 19.4 Å². The Balaban J connectivity index is 2.36. The summed E-state index contributed by atoms with van der Waals surface area (Å²) in [5, 5.41) is 9.00. The smallest absolute Gasteiger partial charge is 0.392 e. The summed E-state index contributed by atoms with van der Waals surface area (Å²) in [4.78, 5) is 12.8. The average Bonchev–Trinajstić information content (AvgIpc) is 2.45. The fourth-order valence-corrected chi connectivity index (χ4v) is 2.61. The molecule has 1 aromatic carbocycles. The highest BCUT2D eigenvalue weighted by Crippen LogP contribution is 2.38. The van der Waals surface area contributed by atoms with Gasteiger partial charge in [0.2, 0.25) is 5.91 Å². The van der Waals surface area contributed by atoms with Gasteiger partial charge >= 0.3 is 6.18 Å². The van der Waals surface area contributed by atoms with Crippen molar-refractivity contribution in [1.29, 1.82) is 0 Å². The molecule has 0 aromatic heterocycles. The summed E-state index contributed by atoms with van der Waals surface area (Å²) in [6.07, 6.45) is -3.30. The molecule has 1 aliphatic rings. The fraction of sp³-hybridized carbons (Fsp3) is 0.500. The zero-order chi connectivity index (χ0) is 15.6. The Labute approximate surface area is 120 Å². The molecule has 1 aliphatic heterocycles. The second-order valence-corrected chi connectivity index (χ2v) is 5.19. The van der Waals surface area contributed by atoms with Gasteiger partial charge in [0.1, 0.15) is 0 Å². The summed E-state index contributed by atoms with van der Waals surface area (Å²) in [6.45, 7) is 0.190. The number of hydrogen-bond donors (Lipinski definition) is 2. The predicted molar refractivity (Wildman–Crippen MR) is 71.5 cm³/mol. The van der Waals surface area contributed by atoms with Gasteiger partial charge < -0.3 is 15.7 Å². The molecule has 21 heavy (non-hydrogen) atoms. The predicted octanol–water partition coefficient (Wildman–Crippen LogP) is 1.90. The minimum Gasteiger partial charge on any atom is -0.392 e. The molecule has 0 saturated carbocycles. The molecule has 0 bridgehead atoms. The van der Waals surface area contributed by atoms with Gasteiger partial charge in [-0.1, -0.05) is 6.07 Å². The number of primary amides is 1. The number of carbonyl (C=O) groups is 1. The Morgan fingerprint density at radius 1 is 1.43 bits per heavy atom. The number of nitrogens with two attached hydrogens (primary N) is 1. The van der Waals surface area contributed by atoms with Crippen LogP contribution in [0.4, 0.5) is 18.9 Å². The number of halogens is 3. The SMILES string of the molecule is NC(=O)C1CCCN(c2ccc(CO)cc2C(F)(F)F)C1. The average molecular weight is 302 g/mol. The Bertz CT molecular complexity index is 531. The molecule has 4 nitrogen and oxygen atoms in total. The van der Waals surface area contributed by atoms with Crippen LogP contribution in [0.15, 0.2) is 18.2 Å². The van der Waals surface area contributed by atoms with Crippen LogP contribution in [-0.2, 0) is 17.6 Å². The van der Waals surface area contributed by atoms with Crippen molar-refractivity contribution >= 4 is 11.6 Å². The molecule has 7 heteroatoms. The van der Waals surface area contributed by atoms with Crippen molar-refractivity contribution in [3.8, 4) is 0 Å². The number of benzene rings is 1. The number of alkyl halides is 3. The number of amides is 1. The first-order valence-electron chi connectivity index (χ1n) is 6.68. The third kappa shape index (κ3) is 3.47. The van der Waals surface area contributed by atoms with Crippen LogP contribution >= 0.6 is 0 Å². The number of aliphatic hydroxyl groups is 1. The third-order valence-electron chi connectivity index (χ3n) is 3.71. The summed E-state index contributed by atoms with van der Waals surface area (Å²) >= 11 is 0. The van der Waals surface area contributed by atoms with E-state index in [2.05, 4.69) is 0 Å².